The molecule has 5 heterocycles. The minimum Gasteiger partial charge on any atom is -0.368 e. The number of hydrogen-bond donors (Lipinski definition) is 2. The van der Waals surface area contributed by atoms with Crippen molar-refractivity contribution in [2.75, 3.05) is 54.9 Å². The van der Waals surface area contributed by atoms with Gasteiger partial charge < -0.3 is 20.0 Å². The van der Waals surface area contributed by atoms with Crippen LogP contribution in [0.4, 0.5) is 23.3 Å². The number of nitrogens with two attached hydrogens (primary N) is 1. The number of amides is 1. The lowest BCUT2D eigenvalue weighted by Crippen LogP contribution is -2.96. The van der Waals surface area contributed by atoms with Crippen molar-refractivity contribution >= 4 is 29.2 Å². The third-order valence-corrected chi connectivity index (χ3v) is 8.14. The molecule has 3 aliphatic heterocycles. The molecule has 9 nitrogen and oxygen atoms in total. The molecule has 1 aliphatic carbocycles. The second kappa shape index (κ2) is 8.78. The molecule has 4 aliphatic rings. The molecule has 3 N–H and O–H groups in total. The molecule has 1 spiro atoms. The van der Waals surface area contributed by atoms with Gasteiger partial charge in [0.2, 0.25) is 5.95 Å². The Kier molecular flexibility index (Phi) is 5.61. The average Bonchev–Trinajstić information content (AvgIpc) is 3.48. The van der Waals surface area contributed by atoms with Crippen molar-refractivity contribution in [1.82, 2.24) is 19.9 Å². The summed E-state index contributed by atoms with van der Waals surface area (Å²) in [7, 11) is 2.16. The van der Waals surface area contributed by atoms with Crippen LogP contribution in [0.25, 0.3) is 0 Å². The summed E-state index contributed by atoms with van der Waals surface area (Å²) in [5.74, 6) is 2.51. The van der Waals surface area contributed by atoms with E-state index in [1.165, 1.54) is 12.8 Å². The first-order valence-electron chi connectivity index (χ1n) is 12.8. The van der Waals surface area contributed by atoms with Crippen LogP contribution in [0.3, 0.4) is 0 Å². The van der Waals surface area contributed by atoms with Crippen molar-refractivity contribution in [3.63, 3.8) is 0 Å². The van der Waals surface area contributed by atoms with E-state index in [0.717, 1.165) is 87.7 Å². The summed E-state index contributed by atoms with van der Waals surface area (Å²) < 4.78 is 0. The van der Waals surface area contributed by atoms with Crippen molar-refractivity contribution in [1.29, 1.82) is 0 Å². The smallest absolute Gasteiger partial charge is 0.336 e. The predicted molar refractivity (Wildman–Crippen MR) is 131 cm³/mol. The fraction of sp³-hybridized carbons (Fsp3) is 0.600. The van der Waals surface area contributed by atoms with Gasteiger partial charge in [0.05, 0.1) is 18.4 Å². The predicted octanol–water partition coefficient (Wildman–Crippen LogP) is 1.29. The number of hydrogen-bond acceptors (Lipinski definition) is 8. The Morgan fingerprint density at radius 3 is 2.62 bits per heavy atom. The van der Waals surface area contributed by atoms with E-state index in [9.17, 15) is 4.79 Å². The standard InChI is InChI=1S/C25H34N8O/c1-31-11-13-32(14-12-31)20-7-8-21(27-17-20)29-24-28-16-18-15-25(9-4-10-26-23(25)34)33(22(18)30-24)19-5-2-3-6-19/h7-8,16-17,19H,2-6,9-15H2,1H3,(H,26,34)(H,27,28,29,30)/p+1. The molecule has 1 saturated carbocycles. The number of fused-ring (bicyclic) bond motifs is 1. The summed E-state index contributed by atoms with van der Waals surface area (Å²) in [6.45, 7) is 5.08. The van der Waals surface area contributed by atoms with Gasteiger partial charge >= 0.3 is 5.91 Å². The molecule has 1 amide bonds. The third kappa shape index (κ3) is 3.80. The maximum atomic E-state index is 13.2. The van der Waals surface area contributed by atoms with Crippen LogP contribution in [0.1, 0.15) is 44.1 Å². The highest BCUT2D eigenvalue weighted by atomic mass is 16.2. The lowest BCUT2D eigenvalue weighted by molar-refractivity contribution is -0.579. The van der Waals surface area contributed by atoms with E-state index < -0.39 is 5.54 Å². The highest BCUT2D eigenvalue weighted by Crippen LogP contribution is 2.45. The Balaban J connectivity index is 1.24. The molecule has 0 aromatic carbocycles. The monoisotopic (exact) mass is 463 g/mol. The van der Waals surface area contributed by atoms with Crippen molar-refractivity contribution in [2.45, 2.75) is 56.5 Å². The highest BCUT2D eigenvalue weighted by Gasteiger charge is 2.56. The van der Waals surface area contributed by atoms with Crippen molar-refractivity contribution in [3.05, 3.63) is 30.1 Å². The molecule has 180 valence electrons. The van der Waals surface area contributed by atoms with Gasteiger partial charge in [-0.1, -0.05) is 12.8 Å². The molecular weight excluding hydrogens is 428 g/mol. The van der Waals surface area contributed by atoms with Crippen LogP contribution >= 0.6 is 0 Å². The fourth-order valence-corrected chi connectivity index (χ4v) is 6.26. The van der Waals surface area contributed by atoms with Crippen LogP contribution in [-0.4, -0.2) is 77.1 Å². The van der Waals surface area contributed by atoms with Crippen LogP contribution in [0.2, 0.25) is 0 Å². The first kappa shape index (κ1) is 21.7. The lowest BCUT2D eigenvalue weighted by atomic mass is 9.84. The number of nitrogens with one attached hydrogen (secondary N) is 1. The number of anilines is 4. The zero-order valence-corrected chi connectivity index (χ0v) is 20.0. The summed E-state index contributed by atoms with van der Waals surface area (Å²) in [5, 5.41) is 5.22. The summed E-state index contributed by atoms with van der Waals surface area (Å²) in [5.41, 5.74) is 1.79. The van der Waals surface area contributed by atoms with Crippen LogP contribution in [0.5, 0.6) is 0 Å². The van der Waals surface area contributed by atoms with Gasteiger partial charge in [0, 0.05) is 50.4 Å². The van der Waals surface area contributed by atoms with Gasteiger partial charge in [-0.05, 0) is 44.9 Å². The number of piperidine rings is 1. The van der Waals surface area contributed by atoms with Gasteiger partial charge in [0.15, 0.2) is 5.54 Å². The van der Waals surface area contributed by atoms with Crippen LogP contribution in [-0.2, 0) is 11.2 Å². The van der Waals surface area contributed by atoms with Crippen molar-refractivity contribution in [2.24, 2.45) is 0 Å². The molecule has 0 bridgehead atoms. The molecule has 0 radical (unpaired) electrons. The van der Waals surface area contributed by atoms with Gasteiger partial charge in [0.25, 0.3) is 0 Å². The molecular formula is C25H35N8O+. The normalized spacial score (nSPS) is 25.9. The maximum Gasteiger partial charge on any atom is 0.336 e. The summed E-state index contributed by atoms with van der Waals surface area (Å²) in [6, 6.07) is 4.50. The van der Waals surface area contributed by atoms with Gasteiger partial charge in [0.1, 0.15) is 11.6 Å². The molecule has 1 atom stereocenters. The van der Waals surface area contributed by atoms with Crippen molar-refractivity contribution < 1.29 is 10.1 Å². The van der Waals surface area contributed by atoms with Crippen LogP contribution in [0.15, 0.2) is 24.5 Å². The number of rotatable bonds is 4. The number of pyridine rings is 1. The number of likely N-dealkylation sites (N-methyl/N-ethyl adjacent to an activating group) is 1. The van der Waals surface area contributed by atoms with Crippen molar-refractivity contribution in [3.8, 4) is 0 Å². The van der Waals surface area contributed by atoms with Gasteiger partial charge in [-0.15, -0.1) is 0 Å². The summed E-state index contributed by atoms with van der Waals surface area (Å²) in [4.78, 5) is 34.5. The Labute approximate surface area is 201 Å². The van der Waals surface area contributed by atoms with E-state index in [2.05, 4.69) is 43.1 Å². The van der Waals surface area contributed by atoms with Gasteiger partial charge in [-0.25, -0.2) is 14.8 Å². The van der Waals surface area contributed by atoms with Gasteiger partial charge in [-0.3, -0.25) is 5.32 Å². The van der Waals surface area contributed by atoms with E-state index in [1.807, 2.05) is 23.8 Å². The number of primary amides is 1. The minimum atomic E-state index is -0.453. The first-order chi connectivity index (χ1) is 16.6. The molecule has 2 saturated heterocycles. The van der Waals surface area contributed by atoms with E-state index in [1.54, 1.807) is 0 Å². The topological polar surface area (TPSA) is 94.1 Å². The Bertz CT molecular complexity index is 1050. The quantitative estimate of drug-likeness (QED) is 0.701. The maximum absolute atomic E-state index is 13.2. The zero-order valence-electron chi connectivity index (χ0n) is 20.0. The van der Waals surface area contributed by atoms with E-state index >= 15 is 0 Å². The second-order valence-corrected chi connectivity index (χ2v) is 10.3. The first-order valence-corrected chi connectivity index (χ1v) is 12.8. The van der Waals surface area contributed by atoms with E-state index in [0.29, 0.717) is 12.0 Å². The molecule has 2 aromatic heterocycles. The molecule has 34 heavy (non-hydrogen) atoms. The molecule has 9 heteroatoms. The average molecular weight is 464 g/mol. The molecule has 6 rings (SSSR count). The van der Waals surface area contributed by atoms with Crippen LogP contribution < -0.4 is 20.4 Å². The van der Waals surface area contributed by atoms with E-state index in [-0.39, 0.29) is 5.91 Å². The molecule has 2 aromatic rings. The number of carbonyl (C=O) groups excluding carboxylic acids is 1. The molecule has 3 fully saturated rings. The summed E-state index contributed by atoms with van der Waals surface area (Å²) in [6.07, 6.45) is 11.3. The largest absolute Gasteiger partial charge is 0.368 e. The number of quaternary nitrogens is 1. The number of nitrogens with zero attached hydrogens (tertiary/aromatic N) is 6. The summed E-state index contributed by atoms with van der Waals surface area (Å²) >= 11 is 0. The second-order valence-electron chi connectivity index (χ2n) is 10.3. The number of piperazine rings is 1. The number of aromatic nitrogens is 3. The zero-order chi connectivity index (χ0) is 23.1. The van der Waals surface area contributed by atoms with Gasteiger partial charge in [-0.2, -0.15) is 4.98 Å². The van der Waals surface area contributed by atoms with Crippen LogP contribution in [0, 0.1) is 0 Å². The highest BCUT2D eigenvalue weighted by molar-refractivity contribution is 5.87. The Hall–Kier alpha value is -2.78. The molecule has 1 unspecified atom stereocenters. The SMILES string of the molecule is CN1CCN(c2ccc(Nc3ncc4c(n3)N(C3CCCC3)C3(CCC[NH2+]C3=O)C4)nc2)CC1. The van der Waals surface area contributed by atoms with E-state index in [4.69, 9.17) is 4.98 Å². The lowest BCUT2D eigenvalue weighted by Gasteiger charge is -2.42. The Morgan fingerprint density at radius 1 is 1.06 bits per heavy atom. The third-order valence-electron chi connectivity index (χ3n) is 8.14. The number of carbonyl (C=O) groups is 1. The minimum absolute atomic E-state index is 0.277. The Morgan fingerprint density at radius 2 is 1.88 bits per heavy atom. The fourth-order valence-electron chi connectivity index (χ4n) is 6.26.